The van der Waals surface area contributed by atoms with Crippen LogP contribution in [0.2, 0.25) is 0 Å². The van der Waals surface area contributed by atoms with Crippen LogP contribution >= 0.6 is 0 Å². The number of aryl methyl sites for hydroxylation is 2. The number of rotatable bonds is 2. The molecule has 1 aromatic heterocycles. The molecule has 5 nitrogen and oxygen atoms in total. The SMILES string of the molecule is Cc1ccc2nc(C)cc(C(=O)N[C@@H]3CCCNC3=O)c2c1. The summed E-state index contributed by atoms with van der Waals surface area (Å²) in [5, 5.41) is 6.44. The van der Waals surface area contributed by atoms with E-state index in [4.69, 9.17) is 0 Å². The Morgan fingerprint density at radius 3 is 2.91 bits per heavy atom. The minimum Gasteiger partial charge on any atom is -0.354 e. The molecule has 2 aromatic rings. The van der Waals surface area contributed by atoms with E-state index in [-0.39, 0.29) is 11.8 Å². The lowest BCUT2D eigenvalue weighted by molar-refractivity contribution is -0.124. The minimum absolute atomic E-state index is 0.106. The summed E-state index contributed by atoms with van der Waals surface area (Å²) in [6.45, 7) is 4.53. The summed E-state index contributed by atoms with van der Waals surface area (Å²) in [6, 6.07) is 7.18. The van der Waals surface area contributed by atoms with Gasteiger partial charge in [-0.25, -0.2) is 0 Å². The van der Waals surface area contributed by atoms with Crippen molar-refractivity contribution in [2.24, 2.45) is 0 Å². The van der Waals surface area contributed by atoms with Crippen LogP contribution in [-0.2, 0) is 4.79 Å². The normalized spacial score (nSPS) is 18.1. The number of pyridine rings is 1. The lowest BCUT2D eigenvalue weighted by Gasteiger charge is -2.23. The molecule has 0 bridgehead atoms. The van der Waals surface area contributed by atoms with Crippen LogP contribution in [0.1, 0.15) is 34.5 Å². The lowest BCUT2D eigenvalue weighted by Crippen LogP contribution is -2.50. The van der Waals surface area contributed by atoms with Crippen molar-refractivity contribution >= 4 is 22.7 Å². The minimum atomic E-state index is -0.449. The Morgan fingerprint density at radius 1 is 1.32 bits per heavy atom. The van der Waals surface area contributed by atoms with Gasteiger partial charge in [0.1, 0.15) is 6.04 Å². The first-order valence-corrected chi connectivity index (χ1v) is 7.51. The molecule has 114 valence electrons. The molecule has 5 heteroatoms. The maximum absolute atomic E-state index is 12.6. The van der Waals surface area contributed by atoms with Crippen molar-refractivity contribution in [2.75, 3.05) is 6.54 Å². The Hall–Kier alpha value is -2.43. The third-order valence-corrected chi connectivity index (χ3v) is 3.93. The largest absolute Gasteiger partial charge is 0.354 e. The maximum atomic E-state index is 12.6. The average Bonchev–Trinajstić information content (AvgIpc) is 2.49. The number of nitrogens with one attached hydrogen (secondary N) is 2. The van der Waals surface area contributed by atoms with E-state index in [2.05, 4.69) is 15.6 Å². The van der Waals surface area contributed by atoms with Crippen LogP contribution in [0.25, 0.3) is 10.9 Å². The Labute approximate surface area is 129 Å². The summed E-state index contributed by atoms with van der Waals surface area (Å²) in [4.78, 5) is 28.9. The summed E-state index contributed by atoms with van der Waals surface area (Å²) in [7, 11) is 0. The zero-order valence-corrected chi connectivity index (χ0v) is 12.8. The van der Waals surface area contributed by atoms with E-state index in [0.717, 1.165) is 28.6 Å². The molecule has 0 unspecified atom stereocenters. The number of benzene rings is 1. The number of nitrogens with zero attached hydrogens (tertiary/aromatic N) is 1. The van der Waals surface area contributed by atoms with Crippen molar-refractivity contribution < 1.29 is 9.59 Å². The zero-order chi connectivity index (χ0) is 15.7. The Balaban J connectivity index is 1.96. The number of piperidine rings is 1. The van der Waals surface area contributed by atoms with Crippen LogP contribution in [-0.4, -0.2) is 29.4 Å². The monoisotopic (exact) mass is 297 g/mol. The molecule has 1 aliphatic heterocycles. The molecule has 0 radical (unpaired) electrons. The maximum Gasteiger partial charge on any atom is 0.252 e. The van der Waals surface area contributed by atoms with E-state index in [1.807, 2.05) is 32.0 Å². The van der Waals surface area contributed by atoms with Gasteiger partial charge in [-0.05, 0) is 44.9 Å². The molecule has 0 saturated carbocycles. The van der Waals surface area contributed by atoms with Crippen molar-refractivity contribution in [2.45, 2.75) is 32.7 Å². The Kier molecular flexibility index (Phi) is 3.79. The first-order valence-electron chi connectivity index (χ1n) is 7.51. The standard InChI is InChI=1S/C17H19N3O2/c1-10-5-6-14-12(8-10)13(9-11(2)19-14)16(21)20-15-4-3-7-18-17(15)22/h5-6,8-9,15H,3-4,7H2,1-2H3,(H,18,22)(H,20,21)/t15-/m1/s1. The van der Waals surface area contributed by atoms with Crippen molar-refractivity contribution in [3.8, 4) is 0 Å². The van der Waals surface area contributed by atoms with E-state index < -0.39 is 6.04 Å². The van der Waals surface area contributed by atoms with Gasteiger partial charge in [0.25, 0.3) is 5.91 Å². The second kappa shape index (κ2) is 5.75. The number of hydrogen-bond acceptors (Lipinski definition) is 3. The van der Waals surface area contributed by atoms with Crippen LogP contribution in [0.15, 0.2) is 24.3 Å². The second-order valence-electron chi connectivity index (χ2n) is 5.79. The van der Waals surface area contributed by atoms with Crippen LogP contribution in [0.4, 0.5) is 0 Å². The van der Waals surface area contributed by atoms with Crippen molar-refractivity contribution in [1.29, 1.82) is 0 Å². The van der Waals surface area contributed by atoms with E-state index >= 15 is 0 Å². The van der Waals surface area contributed by atoms with Gasteiger partial charge in [-0.15, -0.1) is 0 Å². The van der Waals surface area contributed by atoms with E-state index in [1.54, 1.807) is 6.07 Å². The molecule has 22 heavy (non-hydrogen) atoms. The molecule has 2 N–H and O–H groups in total. The second-order valence-corrected chi connectivity index (χ2v) is 5.79. The molecule has 1 saturated heterocycles. The fourth-order valence-electron chi connectivity index (χ4n) is 2.81. The van der Waals surface area contributed by atoms with E-state index in [0.29, 0.717) is 18.5 Å². The molecule has 1 atom stereocenters. The number of amides is 2. The highest BCUT2D eigenvalue weighted by molar-refractivity contribution is 6.07. The molecule has 1 fully saturated rings. The molecule has 1 aliphatic rings. The number of aromatic nitrogens is 1. The van der Waals surface area contributed by atoms with Gasteiger partial charge >= 0.3 is 0 Å². The molecule has 2 heterocycles. The third kappa shape index (κ3) is 2.79. The van der Waals surface area contributed by atoms with Gasteiger partial charge in [-0.1, -0.05) is 11.6 Å². The lowest BCUT2D eigenvalue weighted by atomic mass is 10.0. The summed E-state index contributed by atoms with van der Waals surface area (Å²) in [5.41, 5.74) is 3.23. The van der Waals surface area contributed by atoms with Gasteiger partial charge in [0, 0.05) is 17.6 Å². The molecule has 2 amide bonds. The molecular formula is C17H19N3O2. The summed E-state index contributed by atoms with van der Waals surface area (Å²) in [5.74, 6) is -0.325. The van der Waals surface area contributed by atoms with Gasteiger partial charge in [0.05, 0.1) is 11.1 Å². The van der Waals surface area contributed by atoms with Gasteiger partial charge in [-0.2, -0.15) is 0 Å². The van der Waals surface area contributed by atoms with Crippen molar-refractivity contribution in [3.63, 3.8) is 0 Å². The number of hydrogen-bond donors (Lipinski definition) is 2. The highest BCUT2D eigenvalue weighted by Crippen LogP contribution is 2.20. The van der Waals surface area contributed by atoms with Crippen molar-refractivity contribution in [3.05, 3.63) is 41.1 Å². The topological polar surface area (TPSA) is 71.1 Å². The molecule has 0 spiro atoms. The molecular weight excluding hydrogens is 278 g/mol. The molecule has 0 aliphatic carbocycles. The van der Waals surface area contributed by atoms with Gasteiger partial charge in [0.15, 0.2) is 0 Å². The fourth-order valence-corrected chi connectivity index (χ4v) is 2.81. The van der Waals surface area contributed by atoms with Gasteiger partial charge in [-0.3, -0.25) is 14.6 Å². The predicted molar refractivity (Wildman–Crippen MR) is 84.7 cm³/mol. The number of carbonyl (C=O) groups is 2. The number of fused-ring (bicyclic) bond motifs is 1. The van der Waals surface area contributed by atoms with E-state index in [1.165, 1.54) is 0 Å². The van der Waals surface area contributed by atoms with Crippen molar-refractivity contribution in [1.82, 2.24) is 15.6 Å². The van der Waals surface area contributed by atoms with Crippen LogP contribution in [0, 0.1) is 13.8 Å². The molecule has 1 aromatic carbocycles. The van der Waals surface area contributed by atoms with Crippen LogP contribution in [0.5, 0.6) is 0 Å². The van der Waals surface area contributed by atoms with Gasteiger partial charge < -0.3 is 10.6 Å². The smallest absolute Gasteiger partial charge is 0.252 e. The first-order chi connectivity index (χ1) is 10.5. The first kappa shape index (κ1) is 14.5. The predicted octanol–water partition coefficient (Wildman–Crippen LogP) is 1.86. The van der Waals surface area contributed by atoms with Gasteiger partial charge in [0.2, 0.25) is 5.91 Å². The summed E-state index contributed by atoms with van der Waals surface area (Å²) < 4.78 is 0. The zero-order valence-electron chi connectivity index (χ0n) is 12.8. The average molecular weight is 297 g/mol. The Morgan fingerprint density at radius 2 is 2.14 bits per heavy atom. The summed E-state index contributed by atoms with van der Waals surface area (Å²) in [6.07, 6.45) is 1.56. The van der Waals surface area contributed by atoms with E-state index in [9.17, 15) is 9.59 Å². The van der Waals surface area contributed by atoms with Crippen LogP contribution < -0.4 is 10.6 Å². The highest BCUT2D eigenvalue weighted by Gasteiger charge is 2.24. The fraction of sp³-hybridized carbons (Fsp3) is 0.353. The molecule has 3 rings (SSSR count). The third-order valence-electron chi connectivity index (χ3n) is 3.93. The summed E-state index contributed by atoms with van der Waals surface area (Å²) >= 11 is 0. The Bertz CT molecular complexity index is 755. The quantitative estimate of drug-likeness (QED) is 0.889. The number of carbonyl (C=O) groups excluding carboxylic acids is 2. The highest BCUT2D eigenvalue weighted by atomic mass is 16.2. The van der Waals surface area contributed by atoms with Crippen LogP contribution in [0.3, 0.4) is 0 Å².